The van der Waals surface area contributed by atoms with Crippen molar-refractivity contribution in [3.8, 4) is 16.5 Å². The third-order valence-electron chi connectivity index (χ3n) is 4.40. The molecule has 0 saturated carbocycles. The lowest BCUT2D eigenvalue weighted by Gasteiger charge is -2.33. The van der Waals surface area contributed by atoms with Gasteiger partial charge in [0, 0.05) is 5.69 Å². The first kappa shape index (κ1) is 15.2. The summed E-state index contributed by atoms with van der Waals surface area (Å²) in [5.74, 6) is 1.04. The topological polar surface area (TPSA) is 53.9 Å². The minimum atomic E-state index is 0.315. The molecule has 124 valence electrons. The van der Waals surface area contributed by atoms with Gasteiger partial charge in [-0.1, -0.05) is 6.07 Å². The molecule has 2 aromatic heterocycles. The molecule has 0 spiro atoms. The van der Waals surface area contributed by atoms with E-state index in [2.05, 4.69) is 9.88 Å². The Morgan fingerprint density at radius 3 is 2.67 bits per heavy atom. The van der Waals surface area contributed by atoms with Crippen molar-refractivity contribution in [3.05, 3.63) is 53.7 Å². The third kappa shape index (κ3) is 3.29. The van der Waals surface area contributed by atoms with Gasteiger partial charge in [0.15, 0.2) is 0 Å². The van der Waals surface area contributed by atoms with E-state index in [4.69, 9.17) is 4.42 Å². The first-order valence-corrected chi connectivity index (χ1v) is 9.02. The largest absolute Gasteiger partial charge is 0.508 e. The average Bonchev–Trinajstić information content (AvgIpc) is 3.28. The summed E-state index contributed by atoms with van der Waals surface area (Å²) in [6.07, 6.45) is 1.79. The molecule has 2 N–H and O–H groups in total. The molecule has 3 aromatic rings. The zero-order valence-corrected chi connectivity index (χ0v) is 14.1. The van der Waals surface area contributed by atoms with E-state index in [0.29, 0.717) is 5.75 Å². The molecule has 4 rings (SSSR count). The number of aromatic nitrogens is 1. The Bertz CT molecular complexity index is 775. The van der Waals surface area contributed by atoms with Crippen LogP contribution in [-0.2, 0) is 6.54 Å². The zero-order chi connectivity index (χ0) is 16.4. The lowest BCUT2D eigenvalue weighted by Crippen LogP contribution is -3.13. The summed E-state index contributed by atoms with van der Waals surface area (Å²) in [6.45, 7) is 5.06. The monoisotopic (exact) mass is 342 g/mol. The van der Waals surface area contributed by atoms with E-state index in [1.807, 2.05) is 29.6 Å². The molecule has 0 unspecified atom stereocenters. The molecule has 0 amide bonds. The molecular formula is C18H20N3O2S+. The Morgan fingerprint density at radius 1 is 1.17 bits per heavy atom. The van der Waals surface area contributed by atoms with E-state index in [-0.39, 0.29) is 0 Å². The molecule has 5 nitrogen and oxygen atoms in total. The van der Waals surface area contributed by atoms with Crippen molar-refractivity contribution in [1.29, 1.82) is 0 Å². The molecule has 1 aliphatic rings. The summed E-state index contributed by atoms with van der Waals surface area (Å²) < 4.78 is 5.60. The SMILES string of the molecule is Oc1ccc(N2CC[NH+](Cc3coc(-c4cccs4)n3)CC2)cc1. The Kier molecular flexibility index (Phi) is 4.23. The van der Waals surface area contributed by atoms with E-state index < -0.39 is 0 Å². The van der Waals surface area contributed by atoms with Crippen molar-refractivity contribution in [1.82, 2.24) is 4.98 Å². The first-order chi connectivity index (χ1) is 11.8. The van der Waals surface area contributed by atoms with E-state index >= 15 is 0 Å². The minimum absolute atomic E-state index is 0.315. The van der Waals surface area contributed by atoms with Gasteiger partial charge in [0.25, 0.3) is 0 Å². The van der Waals surface area contributed by atoms with Gasteiger partial charge in [-0.25, -0.2) is 4.98 Å². The maximum atomic E-state index is 9.39. The number of hydrogen-bond acceptors (Lipinski definition) is 5. The lowest BCUT2D eigenvalue weighted by molar-refractivity contribution is -0.914. The second kappa shape index (κ2) is 6.67. The minimum Gasteiger partial charge on any atom is -0.508 e. The van der Waals surface area contributed by atoms with Crippen molar-refractivity contribution in [3.63, 3.8) is 0 Å². The number of nitrogens with one attached hydrogen (secondary N) is 1. The van der Waals surface area contributed by atoms with Crippen molar-refractivity contribution in [2.75, 3.05) is 31.1 Å². The number of quaternary nitrogens is 1. The predicted molar refractivity (Wildman–Crippen MR) is 94.5 cm³/mol. The van der Waals surface area contributed by atoms with Crippen LogP contribution in [0.15, 0.2) is 52.5 Å². The van der Waals surface area contributed by atoms with Crippen LogP contribution in [0.1, 0.15) is 5.69 Å². The fraction of sp³-hybridized carbons (Fsp3) is 0.278. The van der Waals surface area contributed by atoms with Crippen molar-refractivity contribution in [2.45, 2.75) is 6.54 Å². The molecule has 0 atom stereocenters. The Balaban J connectivity index is 1.34. The van der Waals surface area contributed by atoms with Crippen molar-refractivity contribution in [2.24, 2.45) is 0 Å². The van der Waals surface area contributed by atoms with Gasteiger partial charge in [-0.05, 0) is 35.7 Å². The number of hydrogen-bond donors (Lipinski definition) is 2. The van der Waals surface area contributed by atoms with Crippen molar-refractivity contribution >= 4 is 17.0 Å². The van der Waals surface area contributed by atoms with Crippen LogP contribution in [0.2, 0.25) is 0 Å². The highest BCUT2D eigenvalue weighted by Crippen LogP contribution is 2.23. The van der Waals surface area contributed by atoms with Gasteiger partial charge in [-0.2, -0.15) is 0 Å². The standard InChI is InChI=1S/C18H19N3O2S/c22-16-5-3-15(4-6-16)21-9-7-20(8-10-21)12-14-13-23-18(19-14)17-2-1-11-24-17/h1-6,11,13,22H,7-10,12H2/p+1. The lowest BCUT2D eigenvalue weighted by atomic mass is 10.2. The molecular weight excluding hydrogens is 322 g/mol. The molecule has 1 aromatic carbocycles. The van der Waals surface area contributed by atoms with Crippen LogP contribution in [0.4, 0.5) is 5.69 Å². The smallest absolute Gasteiger partial charge is 0.236 e. The summed E-state index contributed by atoms with van der Waals surface area (Å²) in [5.41, 5.74) is 2.19. The van der Waals surface area contributed by atoms with Crippen LogP contribution in [0.3, 0.4) is 0 Å². The number of nitrogens with zero attached hydrogens (tertiary/aromatic N) is 2. The summed E-state index contributed by atoms with van der Waals surface area (Å²) >= 11 is 1.65. The average molecular weight is 342 g/mol. The summed E-state index contributed by atoms with van der Waals surface area (Å²) in [5, 5.41) is 11.4. The summed E-state index contributed by atoms with van der Waals surface area (Å²) in [7, 11) is 0. The molecule has 3 heterocycles. The van der Waals surface area contributed by atoms with Crippen LogP contribution < -0.4 is 9.80 Å². The van der Waals surface area contributed by atoms with Gasteiger partial charge in [-0.15, -0.1) is 11.3 Å². The molecule has 1 fully saturated rings. The van der Waals surface area contributed by atoms with Crippen LogP contribution in [0, 0.1) is 0 Å². The van der Waals surface area contributed by atoms with Gasteiger partial charge in [-0.3, -0.25) is 0 Å². The second-order valence-electron chi connectivity index (χ2n) is 6.05. The van der Waals surface area contributed by atoms with Crippen LogP contribution in [0.25, 0.3) is 10.8 Å². The van der Waals surface area contributed by atoms with Gasteiger partial charge in [0.05, 0.1) is 31.1 Å². The highest BCUT2D eigenvalue weighted by atomic mass is 32.1. The summed E-state index contributed by atoms with van der Waals surface area (Å²) in [6, 6.07) is 11.5. The zero-order valence-electron chi connectivity index (χ0n) is 13.3. The van der Waals surface area contributed by atoms with E-state index in [1.54, 1.807) is 29.7 Å². The Hall–Kier alpha value is -2.31. The number of oxazole rings is 1. The maximum Gasteiger partial charge on any atom is 0.236 e. The van der Waals surface area contributed by atoms with Gasteiger partial charge in [0.2, 0.25) is 5.89 Å². The molecule has 0 aliphatic carbocycles. The van der Waals surface area contributed by atoms with Crippen LogP contribution in [0.5, 0.6) is 5.75 Å². The number of aromatic hydroxyl groups is 1. The second-order valence-corrected chi connectivity index (χ2v) is 7.00. The number of phenolic OH excluding ortho intramolecular Hbond substituents is 1. The molecule has 24 heavy (non-hydrogen) atoms. The molecule has 0 bridgehead atoms. The van der Waals surface area contributed by atoms with Crippen LogP contribution in [-0.4, -0.2) is 36.3 Å². The fourth-order valence-electron chi connectivity index (χ4n) is 3.08. The number of benzene rings is 1. The van der Waals surface area contributed by atoms with Crippen molar-refractivity contribution < 1.29 is 14.4 Å². The normalized spacial score (nSPS) is 15.8. The van der Waals surface area contributed by atoms with E-state index in [0.717, 1.165) is 49.2 Å². The molecule has 6 heteroatoms. The summed E-state index contributed by atoms with van der Waals surface area (Å²) in [4.78, 5) is 9.58. The Labute approximate surface area is 144 Å². The van der Waals surface area contributed by atoms with E-state index in [1.165, 1.54) is 10.6 Å². The van der Waals surface area contributed by atoms with E-state index in [9.17, 15) is 5.11 Å². The maximum absolute atomic E-state index is 9.39. The number of anilines is 1. The quantitative estimate of drug-likeness (QED) is 0.762. The van der Waals surface area contributed by atoms with Gasteiger partial charge < -0.3 is 19.3 Å². The van der Waals surface area contributed by atoms with Gasteiger partial charge >= 0.3 is 0 Å². The number of phenols is 1. The third-order valence-corrected chi connectivity index (χ3v) is 5.26. The molecule has 0 radical (unpaired) electrons. The number of thiophene rings is 1. The fourth-order valence-corrected chi connectivity index (χ4v) is 3.73. The first-order valence-electron chi connectivity index (χ1n) is 8.14. The highest BCUT2D eigenvalue weighted by Gasteiger charge is 2.21. The molecule has 1 saturated heterocycles. The predicted octanol–water partition coefficient (Wildman–Crippen LogP) is 2.01. The number of piperazine rings is 1. The number of rotatable bonds is 4. The Morgan fingerprint density at radius 2 is 1.96 bits per heavy atom. The highest BCUT2D eigenvalue weighted by molar-refractivity contribution is 7.13. The van der Waals surface area contributed by atoms with Gasteiger partial charge in [0.1, 0.15) is 24.3 Å². The molecule has 1 aliphatic heterocycles. The van der Waals surface area contributed by atoms with Crippen LogP contribution >= 0.6 is 11.3 Å².